The van der Waals surface area contributed by atoms with Gasteiger partial charge in [0, 0.05) is 13.0 Å². The first-order valence-corrected chi connectivity index (χ1v) is 20.6. The predicted molar refractivity (Wildman–Crippen MR) is 197 cm³/mol. The van der Waals surface area contributed by atoms with E-state index in [-0.39, 0.29) is 25.8 Å². The number of esters is 1. The molecule has 0 spiro atoms. The van der Waals surface area contributed by atoms with Crippen LogP contribution in [0, 0.1) is 0 Å². The van der Waals surface area contributed by atoms with Gasteiger partial charge in [-0.2, -0.15) is 0 Å². The van der Waals surface area contributed by atoms with E-state index >= 15 is 0 Å². The van der Waals surface area contributed by atoms with E-state index in [2.05, 4.69) is 38.2 Å². The summed E-state index contributed by atoms with van der Waals surface area (Å²) in [4.78, 5) is 22.5. The molecule has 8 nitrogen and oxygen atoms in total. The minimum Gasteiger partial charge on any atom is -0.457 e. The summed E-state index contributed by atoms with van der Waals surface area (Å²) in [5, 5.41) is 0. The van der Waals surface area contributed by atoms with Crippen LogP contribution < -0.4 is 0 Å². The highest BCUT2D eigenvalue weighted by atomic mass is 31.2. The minimum atomic E-state index is -4.25. The summed E-state index contributed by atoms with van der Waals surface area (Å²) in [6.45, 7) is 5.50. The average molecular weight is 689 g/mol. The Hall–Kier alpha value is -1.02. The fourth-order valence-electron chi connectivity index (χ4n) is 4.99. The van der Waals surface area contributed by atoms with Crippen LogP contribution in [0.25, 0.3) is 0 Å². The van der Waals surface area contributed by atoms with Crippen LogP contribution >= 0.6 is 7.82 Å². The van der Waals surface area contributed by atoms with Crippen molar-refractivity contribution in [1.82, 2.24) is 0 Å². The summed E-state index contributed by atoms with van der Waals surface area (Å²) in [5.41, 5.74) is 0. The van der Waals surface area contributed by atoms with Gasteiger partial charge in [-0.25, -0.2) is 4.57 Å². The highest BCUT2D eigenvalue weighted by molar-refractivity contribution is 7.47. The summed E-state index contributed by atoms with van der Waals surface area (Å²) >= 11 is 0. The zero-order valence-electron chi connectivity index (χ0n) is 31.3. The molecule has 9 heteroatoms. The van der Waals surface area contributed by atoms with Gasteiger partial charge in [-0.15, -0.1) is 0 Å². The Bertz CT molecular complexity index is 812. The first-order valence-electron chi connectivity index (χ1n) is 19.1. The molecule has 0 aromatic carbocycles. The Morgan fingerprint density at radius 2 is 1.17 bits per heavy atom. The zero-order chi connectivity index (χ0) is 34.9. The van der Waals surface area contributed by atoms with Crippen LogP contribution in [0.5, 0.6) is 0 Å². The number of hydrogen-bond donors (Lipinski definition) is 1. The maximum Gasteiger partial charge on any atom is 0.472 e. The Morgan fingerprint density at radius 3 is 1.77 bits per heavy atom. The van der Waals surface area contributed by atoms with Crippen molar-refractivity contribution in [2.24, 2.45) is 0 Å². The van der Waals surface area contributed by atoms with Crippen molar-refractivity contribution in [1.29, 1.82) is 0 Å². The third-order valence-electron chi connectivity index (χ3n) is 8.02. The van der Waals surface area contributed by atoms with Gasteiger partial charge in [-0.05, 0) is 44.9 Å². The van der Waals surface area contributed by atoms with E-state index in [0.717, 1.165) is 51.4 Å². The molecule has 0 radical (unpaired) electrons. The van der Waals surface area contributed by atoms with E-state index in [0.29, 0.717) is 24.1 Å². The molecule has 0 heterocycles. The molecule has 0 amide bonds. The van der Waals surface area contributed by atoms with Crippen LogP contribution in [0.3, 0.4) is 0 Å². The van der Waals surface area contributed by atoms with Crippen molar-refractivity contribution in [2.75, 3.05) is 54.1 Å². The lowest BCUT2D eigenvalue weighted by Crippen LogP contribution is -2.37. The number of quaternary nitrogens is 1. The number of unbranched alkanes of at least 4 members (excludes halogenated alkanes) is 17. The molecule has 0 fully saturated rings. The summed E-state index contributed by atoms with van der Waals surface area (Å²) in [7, 11) is 1.66. The van der Waals surface area contributed by atoms with Crippen molar-refractivity contribution >= 4 is 13.8 Å². The topological polar surface area (TPSA) is 91.3 Å². The van der Waals surface area contributed by atoms with E-state index in [1.807, 2.05) is 21.1 Å². The number of carbonyl (C=O) groups excluding carboxylic acids is 1. The van der Waals surface area contributed by atoms with Crippen LogP contribution in [0.1, 0.15) is 155 Å². The van der Waals surface area contributed by atoms with Gasteiger partial charge in [-0.1, -0.05) is 128 Å². The minimum absolute atomic E-state index is 0.0889. The number of hydrogen-bond acceptors (Lipinski definition) is 6. The van der Waals surface area contributed by atoms with Crippen molar-refractivity contribution in [3.8, 4) is 0 Å². The largest absolute Gasteiger partial charge is 0.472 e. The molecule has 278 valence electrons. The van der Waals surface area contributed by atoms with E-state index < -0.39 is 13.9 Å². The molecule has 2 atom stereocenters. The van der Waals surface area contributed by atoms with Crippen LogP contribution in [-0.4, -0.2) is 75.6 Å². The van der Waals surface area contributed by atoms with Crippen molar-refractivity contribution in [3.63, 3.8) is 0 Å². The second-order valence-corrected chi connectivity index (χ2v) is 15.4. The average Bonchev–Trinajstić information content (AvgIpc) is 3.01. The van der Waals surface area contributed by atoms with Crippen molar-refractivity contribution in [2.45, 2.75) is 161 Å². The first kappa shape index (κ1) is 46.0. The summed E-state index contributed by atoms with van der Waals surface area (Å²) in [6.07, 6.45) is 33.8. The maximum absolute atomic E-state index is 12.4. The SMILES string of the molecule is CCCCC/C=C\C/C=C\CCCCCCCCCCCCOCC(COP(=O)(O)OCC[N+](C)(C)C)OC(=O)CCCCCCC. The van der Waals surface area contributed by atoms with Crippen LogP contribution in [0.2, 0.25) is 0 Å². The second-order valence-electron chi connectivity index (χ2n) is 14.0. The van der Waals surface area contributed by atoms with Gasteiger partial charge in [0.2, 0.25) is 0 Å². The molecule has 1 N–H and O–H groups in total. The lowest BCUT2D eigenvalue weighted by atomic mass is 10.1. The van der Waals surface area contributed by atoms with Gasteiger partial charge in [0.25, 0.3) is 0 Å². The van der Waals surface area contributed by atoms with Gasteiger partial charge in [0.15, 0.2) is 0 Å². The van der Waals surface area contributed by atoms with Gasteiger partial charge < -0.3 is 18.9 Å². The van der Waals surface area contributed by atoms with E-state index in [1.165, 1.54) is 83.5 Å². The first-order chi connectivity index (χ1) is 22.6. The van der Waals surface area contributed by atoms with E-state index in [4.69, 9.17) is 18.5 Å². The summed E-state index contributed by atoms with van der Waals surface area (Å²) in [6, 6.07) is 0. The molecule has 0 aliphatic rings. The van der Waals surface area contributed by atoms with Crippen molar-refractivity contribution in [3.05, 3.63) is 24.3 Å². The molecule has 0 bridgehead atoms. The molecule has 2 unspecified atom stereocenters. The number of rotatable bonds is 35. The summed E-state index contributed by atoms with van der Waals surface area (Å²) < 4.78 is 34.6. The van der Waals surface area contributed by atoms with Crippen LogP contribution in [0.4, 0.5) is 0 Å². The molecule has 0 saturated heterocycles. The van der Waals surface area contributed by atoms with Crippen LogP contribution in [-0.2, 0) is 27.9 Å². The van der Waals surface area contributed by atoms with Gasteiger partial charge in [-0.3, -0.25) is 13.8 Å². The second kappa shape index (κ2) is 32.2. The molecule has 0 aromatic heterocycles. The van der Waals surface area contributed by atoms with E-state index in [1.54, 1.807) is 0 Å². The lowest BCUT2D eigenvalue weighted by molar-refractivity contribution is -0.870. The van der Waals surface area contributed by atoms with Gasteiger partial charge >= 0.3 is 13.8 Å². The molecule has 0 aliphatic carbocycles. The third kappa shape index (κ3) is 36.1. The molecule has 0 saturated carbocycles. The maximum atomic E-state index is 12.4. The van der Waals surface area contributed by atoms with E-state index in [9.17, 15) is 14.3 Å². The highest BCUT2D eigenvalue weighted by Gasteiger charge is 2.26. The standard InChI is InChI=1S/C38H74NO7P/c1-6-8-10-12-13-14-15-16-17-18-19-20-21-22-23-24-25-26-28-30-33-43-35-37(46-38(40)31-29-27-11-9-7-2)36-45-47(41,42)44-34-32-39(3,4)5/h13-14,16-17,37H,6-12,15,18-36H2,1-5H3/p+1/b14-13-,17-16-. The quantitative estimate of drug-likeness (QED) is 0.0233. The zero-order valence-corrected chi connectivity index (χ0v) is 32.2. The van der Waals surface area contributed by atoms with Gasteiger partial charge in [0.1, 0.15) is 19.3 Å². The lowest BCUT2D eigenvalue weighted by Gasteiger charge is -2.24. The molecule has 0 rings (SSSR count). The monoisotopic (exact) mass is 689 g/mol. The Balaban J connectivity index is 4.04. The number of ether oxygens (including phenoxy) is 2. The Kier molecular flexibility index (Phi) is 31.5. The van der Waals surface area contributed by atoms with Crippen LogP contribution in [0.15, 0.2) is 24.3 Å². The predicted octanol–water partition coefficient (Wildman–Crippen LogP) is 10.5. The molecule has 0 aromatic rings. The van der Waals surface area contributed by atoms with Crippen molar-refractivity contribution < 1.29 is 37.3 Å². The molecular formula is C38H75NO7P+. The number of nitrogens with zero attached hydrogens (tertiary/aromatic N) is 1. The molecular weight excluding hydrogens is 613 g/mol. The Labute approximate surface area is 290 Å². The highest BCUT2D eigenvalue weighted by Crippen LogP contribution is 2.43. The number of likely N-dealkylation sites (N-methyl/N-ethyl adjacent to an activating group) is 1. The summed E-state index contributed by atoms with van der Waals surface area (Å²) in [5.74, 6) is -0.328. The normalized spacial score (nSPS) is 14.3. The fraction of sp³-hybridized carbons (Fsp3) is 0.868. The number of phosphoric acid groups is 1. The molecule has 0 aliphatic heterocycles. The third-order valence-corrected chi connectivity index (χ3v) is 9.00. The number of phosphoric ester groups is 1. The number of carbonyl (C=O) groups is 1. The smallest absolute Gasteiger partial charge is 0.457 e. The fourth-order valence-corrected chi connectivity index (χ4v) is 5.73. The molecule has 47 heavy (non-hydrogen) atoms. The Morgan fingerprint density at radius 1 is 0.660 bits per heavy atom. The number of allylic oxidation sites excluding steroid dienone is 4. The van der Waals surface area contributed by atoms with Gasteiger partial charge in [0.05, 0.1) is 34.4 Å².